The molecule has 1 aliphatic rings. The second-order valence-corrected chi connectivity index (χ2v) is 5.85. The topological polar surface area (TPSA) is 96.0 Å². The summed E-state index contributed by atoms with van der Waals surface area (Å²) in [6, 6.07) is 4.76. The summed E-state index contributed by atoms with van der Waals surface area (Å²) in [7, 11) is 0. The van der Waals surface area contributed by atoms with Crippen LogP contribution in [0.25, 0.3) is 11.0 Å². The number of rotatable bonds is 4. The van der Waals surface area contributed by atoms with Crippen molar-refractivity contribution in [1.29, 1.82) is 0 Å². The Balaban J connectivity index is 1.87. The molecule has 0 aliphatic carbocycles. The van der Waals surface area contributed by atoms with E-state index < -0.39 is 0 Å². The molecule has 1 saturated heterocycles. The fourth-order valence-electron chi connectivity index (χ4n) is 2.19. The number of amidine groups is 1. The van der Waals surface area contributed by atoms with E-state index in [4.69, 9.17) is 0 Å². The van der Waals surface area contributed by atoms with Crippen LogP contribution in [0.5, 0.6) is 0 Å². The van der Waals surface area contributed by atoms with Crippen molar-refractivity contribution < 1.29 is 9.22 Å². The molecular formula is C15H13N5O3S. The summed E-state index contributed by atoms with van der Waals surface area (Å²) in [4.78, 5) is 24.8. The Hall–Kier alpha value is -2.94. The van der Waals surface area contributed by atoms with Crippen LogP contribution in [-0.2, 0) is 4.79 Å². The minimum atomic E-state index is -0.0352. The van der Waals surface area contributed by atoms with E-state index in [0.717, 1.165) is 12.4 Å². The van der Waals surface area contributed by atoms with E-state index in [9.17, 15) is 14.9 Å². The van der Waals surface area contributed by atoms with E-state index in [1.807, 2.05) is 0 Å². The fraction of sp³-hybridized carbons (Fsp3) is 0.133. The average Bonchev–Trinajstić information content (AvgIpc) is 2.92. The van der Waals surface area contributed by atoms with Crippen LogP contribution in [0, 0.1) is 10.1 Å². The molecule has 1 aromatic heterocycles. The van der Waals surface area contributed by atoms with Crippen LogP contribution in [0.2, 0.25) is 0 Å². The first-order chi connectivity index (χ1) is 11.6. The number of hydrogen-bond donors (Lipinski definition) is 0. The van der Waals surface area contributed by atoms with Crippen LogP contribution in [0.3, 0.4) is 0 Å². The SMILES string of the molecule is C=CCN1C(=O)CS/C1=N\N=C\c1ccc2c(c1)n([O-])cc[n+]2=O. The number of aromatic nitrogens is 2. The highest BCUT2D eigenvalue weighted by atomic mass is 32.2. The lowest BCUT2D eigenvalue weighted by molar-refractivity contribution is -0.464. The Morgan fingerprint density at radius 2 is 2.29 bits per heavy atom. The van der Waals surface area contributed by atoms with Crippen LogP contribution < -0.4 is 4.43 Å². The number of thioether (sulfide) groups is 1. The maximum atomic E-state index is 11.8. The van der Waals surface area contributed by atoms with Crippen LogP contribution in [0.1, 0.15) is 5.56 Å². The molecule has 3 rings (SSSR count). The highest BCUT2D eigenvalue weighted by Crippen LogP contribution is 2.19. The summed E-state index contributed by atoms with van der Waals surface area (Å²) < 4.78 is 1.24. The third kappa shape index (κ3) is 3.06. The van der Waals surface area contributed by atoms with Crippen molar-refractivity contribution in [3.63, 3.8) is 0 Å². The molecule has 0 unspecified atom stereocenters. The molecule has 1 aromatic carbocycles. The predicted octanol–water partition coefficient (Wildman–Crippen LogP) is 1.35. The molecule has 0 N–H and O–H groups in total. The van der Waals surface area contributed by atoms with Crippen LogP contribution in [-0.4, -0.2) is 39.2 Å². The summed E-state index contributed by atoms with van der Waals surface area (Å²) >= 11 is 1.31. The number of carbonyl (C=O) groups excluding carboxylic acids is 1. The minimum absolute atomic E-state index is 0.0352. The van der Waals surface area contributed by atoms with Gasteiger partial charge in [-0.2, -0.15) is 5.10 Å². The summed E-state index contributed by atoms with van der Waals surface area (Å²) in [5, 5.41) is 20.3. The molecule has 0 bridgehead atoms. The summed E-state index contributed by atoms with van der Waals surface area (Å²) in [6.07, 6.45) is 5.38. The highest BCUT2D eigenvalue weighted by Gasteiger charge is 2.26. The number of fused-ring (bicyclic) bond motifs is 1. The summed E-state index contributed by atoms with van der Waals surface area (Å²) in [6.45, 7) is 3.99. The van der Waals surface area contributed by atoms with Crippen molar-refractivity contribution in [1.82, 2.24) is 9.63 Å². The third-order valence-electron chi connectivity index (χ3n) is 3.33. The number of carbonyl (C=O) groups is 1. The van der Waals surface area contributed by atoms with Gasteiger partial charge < -0.3 is 9.94 Å². The molecule has 9 heteroatoms. The largest absolute Gasteiger partial charge is 0.805 e. The normalized spacial score (nSPS) is 16.6. The number of nitrogens with zero attached hydrogens (tertiary/aromatic N) is 5. The monoisotopic (exact) mass is 343 g/mol. The van der Waals surface area contributed by atoms with Gasteiger partial charge in [0.05, 0.1) is 22.6 Å². The van der Waals surface area contributed by atoms with Crippen molar-refractivity contribution >= 4 is 40.1 Å². The first-order valence-corrected chi connectivity index (χ1v) is 7.99. The van der Waals surface area contributed by atoms with E-state index in [2.05, 4.69) is 16.8 Å². The predicted molar refractivity (Wildman–Crippen MR) is 93.5 cm³/mol. The van der Waals surface area contributed by atoms with Gasteiger partial charge in [0.2, 0.25) is 12.1 Å². The van der Waals surface area contributed by atoms with Gasteiger partial charge in [0.25, 0.3) is 5.52 Å². The first kappa shape index (κ1) is 15.9. The minimum Gasteiger partial charge on any atom is -0.805 e. The standard InChI is InChI=1S/C15H13N5O3S/c1-2-5-18-14(21)10-24-15(18)17-16-9-11-3-4-12-13(8-11)20(23)7-6-19(12)22/h2-4,6-9H,1,5,10H2/b16-9+,17-15-. The molecule has 0 spiro atoms. The summed E-state index contributed by atoms with van der Waals surface area (Å²) in [5.74, 6) is 0.296. The lowest BCUT2D eigenvalue weighted by Gasteiger charge is -2.11. The van der Waals surface area contributed by atoms with E-state index in [1.54, 1.807) is 24.3 Å². The Kier molecular flexibility index (Phi) is 4.43. The molecule has 2 heterocycles. The van der Waals surface area contributed by atoms with Gasteiger partial charge in [0, 0.05) is 17.5 Å². The highest BCUT2D eigenvalue weighted by molar-refractivity contribution is 8.15. The van der Waals surface area contributed by atoms with Gasteiger partial charge in [-0.25, -0.2) is 0 Å². The molecule has 1 fully saturated rings. The molecule has 1 amide bonds. The second kappa shape index (κ2) is 6.67. The number of hydrogen-bond acceptors (Lipinski definition) is 6. The molecule has 8 nitrogen and oxygen atoms in total. The molecule has 24 heavy (non-hydrogen) atoms. The Bertz CT molecular complexity index is 934. The Labute approximate surface area is 141 Å². The van der Waals surface area contributed by atoms with Gasteiger partial charge in [0.1, 0.15) is 5.52 Å². The number of amides is 1. The van der Waals surface area contributed by atoms with E-state index in [-0.39, 0.29) is 16.9 Å². The Morgan fingerprint density at radius 1 is 1.46 bits per heavy atom. The van der Waals surface area contributed by atoms with Crippen LogP contribution in [0.15, 0.2) is 53.5 Å². The molecule has 122 valence electrons. The van der Waals surface area contributed by atoms with Gasteiger partial charge in [-0.05, 0) is 17.7 Å². The average molecular weight is 343 g/mol. The zero-order valence-electron chi connectivity index (χ0n) is 12.5. The fourth-order valence-corrected chi connectivity index (χ4v) is 3.04. The van der Waals surface area contributed by atoms with Crippen molar-refractivity contribution in [3.05, 3.63) is 58.9 Å². The van der Waals surface area contributed by atoms with Gasteiger partial charge in [-0.3, -0.25) is 9.69 Å². The van der Waals surface area contributed by atoms with E-state index in [1.165, 1.54) is 22.9 Å². The maximum absolute atomic E-state index is 11.8. The zero-order valence-corrected chi connectivity index (χ0v) is 13.3. The number of benzene rings is 1. The smallest absolute Gasteiger partial charge is 0.286 e. The van der Waals surface area contributed by atoms with Gasteiger partial charge in [-0.1, -0.05) is 17.8 Å². The quantitative estimate of drug-likeness (QED) is 0.362. The maximum Gasteiger partial charge on any atom is 0.286 e. The van der Waals surface area contributed by atoms with E-state index in [0.29, 0.717) is 32.2 Å². The zero-order chi connectivity index (χ0) is 17.1. The second-order valence-electron chi connectivity index (χ2n) is 4.91. The van der Waals surface area contributed by atoms with Crippen LogP contribution >= 0.6 is 11.8 Å². The van der Waals surface area contributed by atoms with Gasteiger partial charge in [0.15, 0.2) is 5.17 Å². The lowest BCUT2D eigenvalue weighted by Crippen LogP contribution is -2.29. The van der Waals surface area contributed by atoms with Crippen molar-refractivity contribution in [2.75, 3.05) is 12.3 Å². The molecule has 0 atom stereocenters. The third-order valence-corrected chi connectivity index (χ3v) is 4.28. The van der Waals surface area contributed by atoms with Crippen molar-refractivity contribution in [2.45, 2.75) is 0 Å². The van der Waals surface area contributed by atoms with E-state index >= 15 is 0 Å². The van der Waals surface area contributed by atoms with Crippen molar-refractivity contribution in [3.8, 4) is 0 Å². The lowest BCUT2D eigenvalue weighted by atomic mass is 10.2. The Morgan fingerprint density at radius 3 is 3.08 bits per heavy atom. The summed E-state index contributed by atoms with van der Waals surface area (Å²) in [5.41, 5.74) is 1.13. The van der Waals surface area contributed by atoms with Crippen molar-refractivity contribution in [2.24, 2.45) is 10.2 Å². The molecule has 2 aromatic rings. The van der Waals surface area contributed by atoms with Gasteiger partial charge in [-0.15, -0.1) is 11.7 Å². The van der Waals surface area contributed by atoms with Gasteiger partial charge >= 0.3 is 0 Å². The molecular weight excluding hydrogens is 330 g/mol. The first-order valence-electron chi connectivity index (χ1n) is 7.00. The molecule has 0 saturated carbocycles. The van der Waals surface area contributed by atoms with Crippen LogP contribution in [0.4, 0.5) is 0 Å². The molecule has 0 radical (unpaired) electrons. The molecule has 1 aliphatic heterocycles.